The molecule has 5 heteroatoms. The Morgan fingerprint density at radius 2 is 2.29 bits per heavy atom. The van der Waals surface area contributed by atoms with Crippen LogP contribution in [0.4, 0.5) is 5.69 Å². The van der Waals surface area contributed by atoms with Gasteiger partial charge in [0.05, 0.1) is 16.9 Å². The number of thiazole rings is 1. The van der Waals surface area contributed by atoms with Crippen LogP contribution in [-0.2, 0) is 4.79 Å². The molecule has 3 rings (SSSR count). The lowest BCUT2D eigenvalue weighted by atomic mass is 10.1. The fraction of sp³-hybridized carbons (Fsp3) is 0.375. The zero-order chi connectivity index (χ0) is 14.8. The van der Waals surface area contributed by atoms with Crippen molar-refractivity contribution in [2.75, 3.05) is 18.1 Å². The molecule has 0 aliphatic carbocycles. The van der Waals surface area contributed by atoms with Crippen molar-refractivity contribution in [3.63, 3.8) is 0 Å². The molecule has 0 N–H and O–H groups in total. The summed E-state index contributed by atoms with van der Waals surface area (Å²) in [4.78, 5) is 18.3. The van der Waals surface area contributed by atoms with E-state index in [0.717, 1.165) is 35.7 Å². The minimum absolute atomic E-state index is 0.0265. The number of amides is 1. The predicted molar refractivity (Wildman–Crippen MR) is 84.9 cm³/mol. The SMILES string of the molecule is CC(C)CCN1C(=O)COc2ccc(-c3cscn3)cc21. The van der Waals surface area contributed by atoms with Crippen LogP contribution in [0.15, 0.2) is 29.1 Å². The number of hydrogen-bond acceptors (Lipinski definition) is 4. The third-order valence-electron chi connectivity index (χ3n) is 3.56. The fourth-order valence-electron chi connectivity index (χ4n) is 2.35. The Kier molecular flexibility index (Phi) is 3.92. The standard InChI is InChI=1S/C16H18N2O2S/c1-11(2)5-6-18-14-7-12(13-9-21-10-17-13)3-4-15(14)20-8-16(18)19/h3-4,7,9-11H,5-6,8H2,1-2H3. The number of ether oxygens (including phenoxy) is 1. The molecule has 4 nitrogen and oxygen atoms in total. The first-order chi connectivity index (χ1) is 10.1. The normalized spacial score (nSPS) is 14.2. The second kappa shape index (κ2) is 5.85. The highest BCUT2D eigenvalue weighted by atomic mass is 32.1. The van der Waals surface area contributed by atoms with Gasteiger partial charge in [-0.2, -0.15) is 0 Å². The Morgan fingerprint density at radius 3 is 3.00 bits per heavy atom. The van der Waals surface area contributed by atoms with Crippen molar-refractivity contribution in [1.29, 1.82) is 0 Å². The van der Waals surface area contributed by atoms with E-state index in [0.29, 0.717) is 5.92 Å². The van der Waals surface area contributed by atoms with Crippen molar-refractivity contribution in [1.82, 2.24) is 4.98 Å². The molecule has 21 heavy (non-hydrogen) atoms. The lowest BCUT2D eigenvalue weighted by Crippen LogP contribution is -2.39. The van der Waals surface area contributed by atoms with Crippen LogP contribution in [0.1, 0.15) is 20.3 Å². The van der Waals surface area contributed by atoms with Crippen LogP contribution in [0.5, 0.6) is 5.75 Å². The molecule has 1 aromatic heterocycles. The highest BCUT2D eigenvalue weighted by molar-refractivity contribution is 7.07. The average Bonchev–Trinajstić information content (AvgIpc) is 2.99. The van der Waals surface area contributed by atoms with Crippen molar-refractivity contribution in [2.45, 2.75) is 20.3 Å². The molecular weight excluding hydrogens is 284 g/mol. The number of fused-ring (bicyclic) bond motifs is 1. The summed E-state index contributed by atoms with van der Waals surface area (Å²) in [5.41, 5.74) is 4.62. The van der Waals surface area contributed by atoms with Gasteiger partial charge in [0.15, 0.2) is 6.61 Å². The molecule has 1 aliphatic rings. The molecule has 0 atom stereocenters. The zero-order valence-electron chi connectivity index (χ0n) is 12.2. The van der Waals surface area contributed by atoms with E-state index in [9.17, 15) is 4.79 Å². The molecular formula is C16H18N2O2S. The Labute approximate surface area is 128 Å². The van der Waals surface area contributed by atoms with Crippen LogP contribution < -0.4 is 9.64 Å². The molecule has 110 valence electrons. The van der Waals surface area contributed by atoms with Gasteiger partial charge >= 0.3 is 0 Å². The molecule has 2 aromatic rings. The number of benzene rings is 1. The lowest BCUT2D eigenvalue weighted by molar-refractivity contribution is -0.121. The summed E-state index contributed by atoms with van der Waals surface area (Å²) in [6.07, 6.45) is 0.978. The highest BCUT2D eigenvalue weighted by Gasteiger charge is 2.25. The summed E-state index contributed by atoms with van der Waals surface area (Å²) in [5.74, 6) is 1.36. The second-order valence-corrected chi connectivity index (χ2v) is 6.29. The largest absolute Gasteiger partial charge is 0.482 e. The van der Waals surface area contributed by atoms with Crippen LogP contribution in [0.25, 0.3) is 11.3 Å². The molecule has 0 saturated carbocycles. The van der Waals surface area contributed by atoms with Crippen molar-refractivity contribution in [2.24, 2.45) is 5.92 Å². The molecule has 1 aliphatic heterocycles. The van der Waals surface area contributed by atoms with Crippen LogP contribution in [0.3, 0.4) is 0 Å². The first-order valence-corrected chi connectivity index (χ1v) is 8.05. The van der Waals surface area contributed by atoms with Crippen LogP contribution in [-0.4, -0.2) is 24.0 Å². The summed E-state index contributed by atoms with van der Waals surface area (Å²) in [5, 5.41) is 2.01. The monoisotopic (exact) mass is 302 g/mol. The first kappa shape index (κ1) is 14.1. The number of carbonyl (C=O) groups is 1. The van der Waals surface area contributed by atoms with E-state index in [1.807, 2.05) is 34.0 Å². The van der Waals surface area contributed by atoms with Gasteiger partial charge in [-0.3, -0.25) is 4.79 Å². The molecule has 0 fully saturated rings. The molecule has 0 unspecified atom stereocenters. The van der Waals surface area contributed by atoms with Gasteiger partial charge in [0.1, 0.15) is 5.75 Å². The molecule has 0 bridgehead atoms. The van der Waals surface area contributed by atoms with E-state index in [2.05, 4.69) is 18.8 Å². The topological polar surface area (TPSA) is 42.4 Å². The van der Waals surface area contributed by atoms with Crippen molar-refractivity contribution in [3.05, 3.63) is 29.1 Å². The summed E-state index contributed by atoms with van der Waals surface area (Å²) in [6, 6.07) is 5.92. The van der Waals surface area contributed by atoms with Crippen molar-refractivity contribution in [3.8, 4) is 17.0 Å². The number of nitrogens with zero attached hydrogens (tertiary/aromatic N) is 2. The molecule has 2 heterocycles. The van der Waals surface area contributed by atoms with E-state index in [1.54, 1.807) is 11.3 Å². The van der Waals surface area contributed by atoms with Gasteiger partial charge < -0.3 is 9.64 Å². The van der Waals surface area contributed by atoms with E-state index in [-0.39, 0.29) is 12.5 Å². The van der Waals surface area contributed by atoms with Gasteiger partial charge in [-0.25, -0.2) is 4.98 Å². The van der Waals surface area contributed by atoms with Gasteiger partial charge in [-0.15, -0.1) is 11.3 Å². The minimum atomic E-state index is 0.0265. The number of carbonyl (C=O) groups excluding carboxylic acids is 1. The van der Waals surface area contributed by atoms with Crippen LogP contribution >= 0.6 is 11.3 Å². The third kappa shape index (κ3) is 2.93. The smallest absolute Gasteiger partial charge is 0.265 e. The Morgan fingerprint density at radius 1 is 1.43 bits per heavy atom. The van der Waals surface area contributed by atoms with Crippen molar-refractivity contribution < 1.29 is 9.53 Å². The van der Waals surface area contributed by atoms with Gasteiger partial charge in [-0.1, -0.05) is 13.8 Å². The predicted octanol–water partition coefficient (Wildman–Crippen LogP) is 3.58. The molecule has 0 radical (unpaired) electrons. The number of hydrogen-bond donors (Lipinski definition) is 0. The molecule has 1 amide bonds. The van der Waals surface area contributed by atoms with Crippen molar-refractivity contribution >= 4 is 22.9 Å². The van der Waals surface area contributed by atoms with E-state index >= 15 is 0 Å². The van der Waals surface area contributed by atoms with Gasteiger partial charge in [0.25, 0.3) is 5.91 Å². The summed E-state index contributed by atoms with van der Waals surface area (Å²) >= 11 is 1.56. The quantitative estimate of drug-likeness (QED) is 0.867. The van der Waals surface area contributed by atoms with E-state index in [4.69, 9.17) is 4.74 Å². The van der Waals surface area contributed by atoms with Gasteiger partial charge in [0.2, 0.25) is 0 Å². The second-order valence-electron chi connectivity index (χ2n) is 5.57. The van der Waals surface area contributed by atoms with Crippen LogP contribution in [0.2, 0.25) is 0 Å². The van der Waals surface area contributed by atoms with Gasteiger partial charge in [-0.05, 0) is 30.5 Å². The maximum atomic E-state index is 12.2. The maximum Gasteiger partial charge on any atom is 0.265 e. The maximum absolute atomic E-state index is 12.2. The number of rotatable bonds is 4. The van der Waals surface area contributed by atoms with Gasteiger partial charge in [0, 0.05) is 17.5 Å². The first-order valence-electron chi connectivity index (χ1n) is 7.11. The summed E-state index contributed by atoms with van der Waals surface area (Å²) < 4.78 is 5.54. The van der Waals surface area contributed by atoms with E-state index < -0.39 is 0 Å². The summed E-state index contributed by atoms with van der Waals surface area (Å²) in [6.45, 7) is 5.18. The molecule has 0 spiro atoms. The lowest BCUT2D eigenvalue weighted by Gasteiger charge is -2.30. The fourth-order valence-corrected chi connectivity index (χ4v) is 2.91. The number of anilines is 1. The van der Waals surface area contributed by atoms with E-state index in [1.165, 1.54) is 0 Å². The zero-order valence-corrected chi connectivity index (χ0v) is 13.0. The highest BCUT2D eigenvalue weighted by Crippen LogP contribution is 2.36. The minimum Gasteiger partial charge on any atom is -0.482 e. The average molecular weight is 302 g/mol. The molecule has 0 saturated heterocycles. The summed E-state index contributed by atoms with van der Waals surface area (Å²) in [7, 11) is 0. The number of aromatic nitrogens is 1. The third-order valence-corrected chi connectivity index (χ3v) is 4.15. The Hall–Kier alpha value is -1.88. The Bertz CT molecular complexity index is 638. The molecule has 1 aromatic carbocycles. The van der Waals surface area contributed by atoms with Crippen LogP contribution in [0, 0.1) is 5.92 Å². The Balaban J connectivity index is 1.95.